The molecule has 2 aromatic carbocycles. The highest BCUT2D eigenvalue weighted by Gasteiger charge is 2.24. The van der Waals surface area contributed by atoms with Crippen LogP contribution in [-0.2, 0) is 17.6 Å². The molecule has 1 aliphatic rings. The van der Waals surface area contributed by atoms with Crippen molar-refractivity contribution >= 4 is 23.3 Å². The number of hydrogen-bond acceptors (Lipinski definition) is 6. The second-order valence-corrected chi connectivity index (χ2v) is 7.77. The molecule has 156 valence electrons. The number of nitriles is 1. The Morgan fingerprint density at radius 1 is 1.37 bits per heavy atom. The number of hydrogen-bond donors (Lipinski definition) is 0. The molecule has 1 unspecified atom stereocenters. The van der Waals surface area contributed by atoms with Crippen molar-refractivity contribution in [1.29, 1.82) is 5.26 Å². The van der Waals surface area contributed by atoms with E-state index in [4.69, 9.17) is 16.3 Å². The van der Waals surface area contributed by atoms with E-state index in [0.717, 1.165) is 29.8 Å². The van der Waals surface area contributed by atoms with Crippen LogP contribution >= 0.6 is 11.6 Å². The maximum atomic E-state index is 12.1. The van der Waals surface area contributed by atoms with Gasteiger partial charge in [-0.1, -0.05) is 17.7 Å². The molecule has 2 aromatic rings. The number of rotatable bonds is 8. The van der Waals surface area contributed by atoms with E-state index >= 15 is 0 Å². The molecular weight excluding hydrogens is 406 g/mol. The summed E-state index contributed by atoms with van der Waals surface area (Å²) in [6.45, 7) is 3.26. The Hall–Kier alpha value is -3.11. The quantitative estimate of drug-likeness (QED) is 0.273. The van der Waals surface area contributed by atoms with E-state index in [1.54, 1.807) is 37.3 Å². The third-order valence-corrected chi connectivity index (χ3v) is 5.36. The van der Waals surface area contributed by atoms with Crippen LogP contribution in [0, 0.1) is 21.4 Å². The zero-order valence-electron chi connectivity index (χ0n) is 16.6. The molecule has 3 rings (SSSR count). The minimum Gasteiger partial charge on any atom is -0.462 e. The molecule has 0 spiro atoms. The normalized spacial score (nSPS) is 13.4. The number of anilines is 1. The van der Waals surface area contributed by atoms with Gasteiger partial charge in [0.15, 0.2) is 0 Å². The Balaban J connectivity index is 1.58. The van der Waals surface area contributed by atoms with Gasteiger partial charge in [0.1, 0.15) is 6.07 Å². The number of benzene rings is 2. The SMILES string of the molecule is CC(Cc1cc(C#N)c2c(c1)CCN2CCCOC(=O)c1ccc(Cl)cc1)[N+](=O)[O-]. The summed E-state index contributed by atoms with van der Waals surface area (Å²) in [6, 6.07) is 11.8. The van der Waals surface area contributed by atoms with Gasteiger partial charge in [-0.15, -0.1) is 0 Å². The van der Waals surface area contributed by atoms with Crippen LogP contribution in [0.25, 0.3) is 0 Å². The third-order valence-electron chi connectivity index (χ3n) is 5.11. The van der Waals surface area contributed by atoms with Gasteiger partial charge < -0.3 is 9.64 Å². The summed E-state index contributed by atoms with van der Waals surface area (Å²) in [5, 5.41) is 21.1. The first-order chi connectivity index (χ1) is 14.4. The lowest BCUT2D eigenvalue weighted by atomic mass is 9.99. The highest BCUT2D eigenvalue weighted by atomic mass is 35.5. The first-order valence-electron chi connectivity index (χ1n) is 9.76. The first kappa shape index (κ1) is 21.6. The van der Waals surface area contributed by atoms with Gasteiger partial charge in [0.05, 0.1) is 23.4 Å². The van der Waals surface area contributed by atoms with Crippen LogP contribution < -0.4 is 4.90 Å². The molecule has 1 heterocycles. The Bertz CT molecular complexity index is 985. The van der Waals surface area contributed by atoms with Crippen molar-refractivity contribution < 1.29 is 14.5 Å². The van der Waals surface area contributed by atoms with E-state index in [1.165, 1.54) is 0 Å². The second-order valence-electron chi connectivity index (χ2n) is 7.33. The molecule has 0 saturated heterocycles. The molecule has 0 saturated carbocycles. The van der Waals surface area contributed by atoms with Crippen LogP contribution in [0.1, 0.15) is 40.4 Å². The molecule has 7 nitrogen and oxygen atoms in total. The number of carbonyl (C=O) groups excluding carboxylic acids is 1. The summed E-state index contributed by atoms with van der Waals surface area (Å²) in [6.07, 6.45) is 1.72. The van der Waals surface area contributed by atoms with Gasteiger partial charge >= 0.3 is 5.97 Å². The summed E-state index contributed by atoms with van der Waals surface area (Å²) < 4.78 is 5.32. The zero-order chi connectivity index (χ0) is 21.7. The number of esters is 1. The van der Waals surface area contributed by atoms with Crippen molar-refractivity contribution in [3.05, 3.63) is 73.8 Å². The highest BCUT2D eigenvalue weighted by Crippen LogP contribution is 2.33. The minimum absolute atomic E-state index is 0.271. The minimum atomic E-state index is -0.692. The third kappa shape index (κ3) is 5.08. The first-order valence-corrected chi connectivity index (χ1v) is 10.1. The van der Waals surface area contributed by atoms with Crippen LogP contribution in [-0.4, -0.2) is 36.6 Å². The Labute approximate surface area is 180 Å². The van der Waals surface area contributed by atoms with Gasteiger partial charge in [-0.05, 0) is 54.3 Å². The Morgan fingerprint density at radius 2 is 2.10 bits per heavy atom. The monoisotopic (exact) mass is 427 g/mol. The van der Waals surface area contributed by atoms with Gasteiger partial charge in [0, 0.05) is 36.4 Å². The molecule has 0 bridgehead atoms. The predicted molar refractivity (Wildman–Crippen MR) is 114 cm³/mol. The lowest BCUT2D eigenvalue weighted by Gasteiger charge is -2.21. The number of carbonyl (C=O) groups is 1. The van der Waals surface area contributed by atoms with Crippen LogP contribution in [0.4, 0.5) is 5.69 Å². The summed E-state index contributed by atoms with van der Waals surface area (Å²) in [5.41, 5.74) is 3.73. The van der Waals surface area contributed by atoms with Gasteiger partial charge in [0.2, 0.25) is 6.04 Å². The fourth-order valence-corrected chi connectivity index (χ4v) is 3.75. The molecule has 0 radical (unpaired) electrons. The zero-order valence-corrected chi connectivity index (χ0v) is 17.4. The summed E-state index contributed by atoms with van der Waals surface area (Å²) >= 11 is 5.82. The van der Waals surface area contributed by atoms with E-state index in [1.807, 2.05) is 6.07 Å². The fourth-order valence-electron chi connectivity index (χ4n) is 3.62. The van der Waals surface area contributed by atoms with Crippen LogP contribution in [0.3, 0.4) is 0 Å². The van der Waals surface area contributed by atoms with E-state index in [2.05, 4.69) is 11.0 Å². The highest BCUT2D eigenvalue weighted by molar-refractivity contribution is 6.30. The van der Waals surface area contributed by atoms with Crippen molar-refractivity contribution in [2.45, 2.75) is 32.2 Å². The Kier molecular flexibility index (Phi) is 6.91. The van der Waals surface area contributed by atoms with Crippen LogP contribution in [0.15, 0.2) is 36.4 Å². The van der Waals surface area contributed by atoms with E-state index in [0.29, 0.717) is 35.5 Å². The van der Waals surface area contributed by atoms with Gasteiger partial charge in [-0.25, -0.2) is 4.79 Å². The molecule has 0 N–H and O–H groups in total. The molecular formula is C22H22ClN3O4. The van der Waals surface area contributed by atoms with Crippen LogP contribution in [0.2, 0.25) is 5.02 Å². The fraction of sp³-hybridized carbons (Fsp3) is 0.364. The largest absolute Gasteiger partial charge is 0.462 e. The number of nitro groups is 1. The molecule has 30 heavy (non-hydrogen) atoms. The molecule has 1 atom stereocenters. The molecule has 0 fully saturated rings. The Morgan fingerprint density at radius 3 is 2.77 bits per heavy atom. The standard InChI is InChI=1S/C22H22ClN3O4/c1-15(26(28)29)11-16-12-18-7-9-25(21(18)19(13-16)14-24)8-2-10-30-22(27)17-3-5-20(23)6-4-17/h3-6,12-13,15H,2,7-11H2,1H3. The molecule has 1 aliphatic heterocycles. The van der Waals surface area contributed by atoms with E-state index in [9.17, 15) is 20.2 Å². The topological polar surface area (TPSA) is 96.5 Å². The molecule has 8 heteroatoms. The average molecular weight is 428 g/mol. The van der Waals surface area contributed by atoms with E-state index < -0.39 is 12.0 Å². The smallest absolute Gasteiger partial charge is 0.338 e. The number of fused-ring (bicyclic) bond motifs is 1. The maximum Gasteiger partial charge on any atom is 0.338 e. The molecule has 0 aliphatic carbocycles. The lowest BCUT2D eigenvalue weighted by molar-refractivity contribution is -0.517. The van der Waals surface area contributed by atoms with Crippen molar-refractivity contribution in [3.8, 4) is 6.07 Å². The van der Waals surface area contributed by atoms with Crippen molar-refractivity contribution in [1.82, 2.24) is 0 Å². The van der Waals surface area contributed by atoms with Gasteiger partial charge in [-0.3, -0.25) is 10.1 Å². The number of nitrogens with zero attached hydrogens (tertiary/aromatic N) is 3. The summed E-state index contributed by atoms with van der Waals surface area (Å²) in [7, 11) is 0. The van der Waals surface area contributed by atoms with Crippen molar-refractivity contribution in [3.63, 3.8) is 0 Å². The average Bonchev–Trinajstić information content (AvgIpc) is 3.13. The predicted octanol–water partition coefficient (Wildman–Crippen LogP) is 4.03. The van der Waals surface area contributed by atoms with E-state index in [-0.39, 0.29) is 11.5 Å². The second kappa shape index (κ2) is 9.59. The maximum absolute atomic E-state index is 12.1. The summed E-state index contributed by atoms with van der Waals surface area (Å²) in [4.78, 5) is 24.8. The summed E-state index contributed by atoms with van der Waals surface area (Å²) in [5.74, 6) is -0.393. The van der Waals surface area contributed by atoms with Crippen molar-refractivity contribution in [2.24, 2.45) is 0 Å². The lowest BCUT2D eigenvalue weighted by Crippen LogP contribution is -2.24. The number of halogens is 1. The molecule has 0 aromatic heterocycles. The van der Waals surface area contributed by atoms with Crippen molar-refractivity contribution in [2.75, 3.05) is 24.6 Å². The molecule has 0 amide bonds. The van der Waals surface area contributed by atoms with Gasteiger partial charge in [-0.2, -0.15) is 5.26 Å². The van der Waals surface area contributed by atoms with Gasteiger partial charge in [0.25, 0.3) is 0 Å². The number of ether oxygens (including phenoxy) is 1. The van der Waals surface area contributed by atoms with Crippen LogP contribution in [0.5, 0.6) is 0 Å².